The summed E-state index contributed by atoms with van der Waals surface area (Å²) in [7, 11) is 3.70. The lowest BCUT2D eigenvalue weighted by Gasteiger charge is -2.33. The number of aromatic nitrogens is 2. The number of piperidine rings is 1. The Bertz CT molecular complexity index is 644. The molecule has 1 saturated heterocycles. The maximum absolute atomic E-state index is 12.3. The first-order chi connectivity index (χ1) is 9.22. The first-order valence-corrected chi connectivity index (χ1v) is 6.70. The van der Waals surface area contributed by atoms with E-state index in [1.54, 1.807) is 7.11 Å². The van der Waals surface area contributed by atoms with Crippen LogP contribution in [0.3, 0.4) is 0 Å². The van der Waals surface area contributed by atoms with E-state index in [9.17, 15) is 4.79 Å². The van der Waals surface area contributed by atoms with E-state index in [4.69, 9.17) is 4.74 Å². The average Bonchev–Trinajstić information content (AvgIpc) is 2.75. The van der Waals surface area contributed by atoms with Crippen LogP contribution in [0.2, 0.25) is 0 Å². The minimum atomic E-state index is -0.0572. The van der Waals surface area contributed by atoms with Crippen molar-refractivity contribution >= 4 is 11.0 Å². The van der Waals surface area contributed by atoms with Crippen molar-refractivity contribution in [2.45, 2.75) is 25.4 Å². The summed E-state index contributed by atoms with van der Waals surface area (Å²) in [5.74, 6) is 0.715. The largest absolute Gasteiger partial charge is 0.494 e. The lowest BCUT2D eigenvalue weighted by Crippen LogP contribution is -2.37. The summed E-state index contributed by atoms with van der Waals surface area (Å²) < 4.78 is 7.17. The quantitative estimate of drug-likeness (QED) is 0.899. The second kappa shape index (κ2) is 4.74. The Morgan fingerprint density at radius 2 is 2.21 bits per heavy atom. The van der Waals surface area contributed by atoms with Crippen molar-refractivity contribution in [3.63, 3.8) is 0 Å². The van der Waals surface area contributed by atoms with Crippen LogP contribution in [0.1, 0.15) is 25.4 Å². The molecular weight excluding hydrogens is 242 g/mol. The number of hydrogen-bond acceptors (Lipinski definition) is 3. The second-order valence-electron chi connectivity index (χ2n) is 5.11. The molecule has 19 heavy (non-hydrogen) atoms. The van der Waals surface area contributed by atoms with Gasteiger partial charge in [0.15, 0.2) is 0 Å². The molecule has 1 atom stereocenters. The van der Waals surface area contributed by atoms with Crippen molar-refractivity contribution in [3.05, 3.63) is 28.7 Å². The number of likely N-dealkylation sites (tertiary alicyclic amines) is 1. The van der Waals surface area contributed by atoms with Crippen LogP contribution in [0.15, 0.2) is 23.0 Å². The Morgan fingerprint density at radius 3 is 2.95 bits per heavy atom. The van der Waals surface area contributed by atoms with E-state index < -0.39 is 0 Å². The molecular formula is C14H19N3O2. The fraction of sp³-hybridized carbons (Fsp3) is 0.500. The summed E-state index contributed by atoms with van der Waals surface area (Å²) in [4.78, 5) is 17.4. The average molecular weight is 261 g/mol. The maximum atomic E-state index is 12.3. The van der Waals surface area contributed by atoms with Crippen LogP contribution in [0.5, 0.6) is 5.75 Å². The maximum Gasteiger partial charge on any atom is 0.327 e. The third-order valence-corrected chi connectivity index (χ3v) is 3.96. The van der Waals surface area contributed by atoms with E-state index in [1.165, 1.54) is 6.42 Å². The number of nitrogens with one attached hydrogen (secondary N) is 1. The van der Waals surface area contributed by atoms with Crippen LogP contribution in [0.25, 0.3) is 11.0 Å². The van der Waals surface area contributed by atoms with E-state index in [0.29, 0.717) is 5.75 Å². The Labute approximate surface area is 111 Å². The fourth-order valence-corrected chi connectivity index (χ4v) is 2.97. The zero-order valence-corrected chi connectivity index (χ0v) is 11.3. The van der Waals surface area contributed by atoms with E-state index >= 15 is 0 Å². The van der Waals surface area contributed by atoms with Gasteiger partial charge in [0.1, 0.15) is 11.3 Å². The van der Waals surface area contributed by atoms with Crippen molar-refractivity contribution in [2.75, 3.05) is 20.7 Å². The number of aromatic amines is 1. The molecule has 1 N–H and O–H groups in total. The summed E-state index contributed by atoms with van der Waals surface area (Å²) in [6.45, 7) is 1.04. The number of hydrogen-bond donors (Lipinski definition) is 1. The highest BCUT2D eigenvalue weighted by Gasteiger charge is 2.24. The molecule has 0 spiro atoms. The Balaban J connectivity index is 2.18. The number of ether oxygens (including phenoxy) is 1. The van der Waals surface area contributed by atoms with Gasteiger partial charge in [-0.25, -0.2) is 4.79 Å². The SMILES string of the molecule is COc1cccc2c1[nH]c(=O)n2C1CCCCN1C. The van der Waals surface area contributed by atoms with Crippen molar-refractivity contribution in [1.82, 2.24) is 14.5 Å². The standard InChI is InChI=1S/C14H19N3O2/c1-16-9-4-3-8-12(16)17-10-6-5-7-11(19-2)13(10)15-14(17)18/h5-7,12H,3-4,8-9H2,1-2H3,(H,15,18). The monoisotopic (exact) mass is 261 g/mol. The molecule has 0 saturated carbocycles. The number of nitrogens with zero attached hydrogens (tertiary/aromatic N) is 2. The summed E-state index contributed by atoms with van der Waals surface area (Å²) in [6.07, 6.45) is 3.52. The first kappa shape index (κ1) is 12.3. The number of H-pyrrole nitrogens is 1. The van der Waals surface area contributed by atoms with Crippen molar-refractivity contribution in [1.29, 1.82) is 0 Å². The zero-order chi connectivity index (χ0) is 13.4. The molecule has 1 aliphatic heterocycles. The zero-order valence-electron chi connectivity index (χ0n) is 11.3. The molecule has 5 nitrogen and oxygen atoms in total. The smallest absolute Gasteiger partial charge is 0.327 e. The van der Waals surface area contributed by atoms with Crippen molar-refractivity contribution < 1.29 is 4.74 Å². The Kier molecular flexibility index (Phi) is 3.06. The molecule has 102 valence electrons. The van der Waals surface area contributed by atoms with Crippen molar-refractivity contribution in [2.24, 2.45) is 0 Å². The molecule has 1 aliphatic rings. The first-order valence-electron chi connectivity index (χ1n) is 6.70. The summed E-state index contributed by atoms with van der Waals surface area (Å²) in [5, 5.41) is 0. The van der Waals surface area contributed by atoms with Gasteiger partial charge in [-0.2, -0.15) is 0 Å². The lowest BCUT2D eigenvalue weighted by atomic mass is 10.1. The number of imidazole rings is 1. The topological polar surface area (TPSA) is 50.3 Å². The number of fused-ring (bicyclic) bond motifs is 1. The summed E-state index contributed by atoms with van der Waals surface area (Å²) >= 11 is 0. The van der Waals surface area contributed by atoms with Gasteiger partial charge in [0, 0.05) is 0 Å². The highest BCUT2D eigenvalue weighted by Crippen LogP contribution is 2.29. The number of benzene rings is 1. The summed E-state index contributed by atoms with van der Waals surface area (Å²) in [6, 6.07) is 5.76. The van der Waals surface area contributed by atoms with Crippen molar-refractivity contribution in [3.8, 4) is 5.75 Å². The molecule has 0 aliphatic carbocycles. The predicted octanol–water partition coefficient (Wildman–Crippen LogP) is 1.95. The van der Waals surface area contributed by atoms with Crippen LogP contribution < -0.4 is 10.4 Å². The van der Waals surface area contributed by atoms with E-state index in [-0.39, 0.29) is 11.9 Å². The van der Waals surface area contributed by atoms with Gasteiger partial charge in [-0.05, 0) is 45.0 Å². The predicted molar refractivity (Wildman–Crippen MR) is 74.6 cm³/mol. The van der Waals surface area contributed by atoms with Crippen LogP contribution in [-0.4, -0.2) is 35.2 Å². The molecule has 0 radical (unpaired) electrons. The van der Waals surface area contributed by atoms with Gasteiger partial charge in [-0.15, -0.1) is 0 Å². The Hall–Kier alpha value is -1.75. The molecule has 1 aromatic carbocycles. The van der Waals surface area contributed by atoms with E-state index in [1.807, 2.05) is 22.8 Å². The fourth-order valence-electron chi connectivity index (χ4n) is 2.97. The number of methoxy groups -OCH3 is 1. The Morgan fingerprint density at radius 1 is 1.37 bits per heavy atom. The third-order valence-electron chi connectivity index (χ3n) is 3.96. The van der Waals surface area contributed by atoms with Crippen LogP contribution in [0.4, 0.5) is 0 Å². The molecule has 2 heterocycles. The van der Waals surface area contributed by atoms with E-state index in [2.05, 4.69) is 16.9 Å². The van der Waals surface area contributed by atoms with Gasteiger partial charge >= 0.3 is 5.69 Å². The minimum absolute atomic E-state index is 0.0572. The van der Waals surface area contributed by atoms with E-state index in [0.717, 1.165) is 30.4 Å². The molecule has 1 fully saturated rings. The minimum Gasteiger partial charge on any atom is -0.494 e. The summed E-state index contributed by atoms with van der Waals surface area (Å²) in [5.41, 5.74) is 1.65. The number of rotatable bonds is 2. The van der Waals surface area contributed by atoms with Gasteiger partial charge in [0.2, 0.25) is 0 Å². The molecule has 0 amide bonds. The normalized spacial score (nSPS) is 20.8. The molecule has 1 aromatic heterocycles. The van der Waals surface area contributed by atoms with Crippen LogP contribution >= 0.6 is 0 Å². The van der Waals surface area contributed by atoms with Crippen LogP contribution in [0, 0.1) is 0 Å². The third kappa shape index (κ3) is 1.94. The van der Waals surface area contributed by atoms with Gasteiger partial charge in [-0.3, -0.25) is 9.47 Å². The second-order valence-corrected chi connectivity index (χ2v) is 5.11. The molecule has 2 aromatic rings. The van der Waals surface area contributed by atoms with Gasteiger partial charge < -0.3 is 9.72 Å². The highest BCUT2D eigenvalue weighted by molar-refractivity contribution is 5.81. The van der Waals surface area contributed by atoms with Crippen LogP contribution in [-0.2, 0) is 0 Å². The number of para-hydroxylation sites is 1. The molecule has 5 heteroatoms. The molecule has 0 bridgehead atoms. The molecule has 3 rings (SSSR count). The lowest BCUT2D eigenvalue weighted by molar-refractivity contribution is 0.128. The van der Waals surface area contributed by atoms with Gasteiger partial charge in [0.25, 0.3) is 0 Å². The highest BCUT2D eigenvalue weighted by atomic mass is 16.5. The van der Waals surface area contributed by atoms with Gasteiger partial charge in [-0.1, -0.05) is 6.07 Å². The van der Waals surface area contributed by atoms with Gasteiger partial charge in [0.05, 0.1) is 18.8 Å². The molecule has 1 unspecified atom stereocenters.